The maximum atomic E-state index is 9.33. The highest BCUT2D eigenvalue weighted by molar-refractivity contribution is 5.91. The Bertz CT molecular complexity index is 1280. The first kappa shape index (κ1) is 19.4. The van der Waals surface area contributed by atoms with Crippen LogP contribution in [0, 0.1) is 25.2 Å². The summed E-state index contributed by atoms with van der Waals surface area (Å²) in [6, 6.07) is 13.8. The predicted molar refractivity (Wildman–Crippen MR) is 111 cm³/mol. The number of rotatable bonds is 6. The number of ether oxygens (including phenoxy) is 1. The second-order valence-corrected chi connectivity index (χ2v) is 6.93. The molecule has 2 heterocycles. The van der Waals surface area contributed by atoms with E-state index in [1.165, 1.54) is 0 Å². The largest absolute Gasteiger partial charge is 0.478 e. The van der Waals surface area contributed by atoms with Crippen LogP contribution in [0.3, 0.4) is 0 Å². The van der Waals surface area contributed by atoms with Gasteiger partial charge in [0.1, 0.15) is 0 Å². The van der Waals surface area contributed by atoms with Crippen molar-refractivity contribution in [2.24, 2.45) is 0 Å². The molecule has 0 bridgehead atoms. The molecule has 0 spiro atoms. The van der Waals surface area contributed by atoms with Crippen molar-refractivity contribution in [2.45, 2.75) is 26.7 Å². The molecule has 4 aromatic rings. The second kappa shape index (κ2) is 8.21. The van der Waals surface area contributed by atoms with E-state index < -0.39 is 0 Å². The Hall–Kier alpha value is -3.92. The summed E-state index contributed by atoms with van der Waals surface area (Å²) in [7, 11) is 1.57. The number of hydrogen-bond donors (Lipinski definition) is 0. The molecule has 30 heavy (non-hydrogen) atoms. The molecule has 0 saturated heterocycles. The van der Waals surface area contributed by atoms with Gasteiger partial charge in [-0.05, 0) is 65.0 Å². The maximum Gasteiger partial charge on any atom is 0.261 e. The minimum absolute atomic E-state index is 0.446. The van der Waals surface area contributed by atoms with Crippen molar-refractivity contribution in [2.75, 3.05) is 7.11 Å². The molecule has 0 aliphatic rings. The quantitative estimate of drug-likeness (QED) is 0.459. The maximum absolute atomic E-state index is 9.33. The van der Waals surface area contributed by atoms with E-state index in [0.717, 1.165) is 27.6 Å². The van der Waals surface area contributed by atoms with Gasteiger partial charge in [0, 0.05) is 13.3 Å². The summed E-state index contributed by atoms with van der Waals surface area (Å²) in [5, 5.41) is 22.1. The van der Waals surface area contributed by atoms with Gasteiger partial charge in [-0.15, -0.1) is 10.2 Å². The normalized spacial score (nSPS) is 11.6. The summed E-state index contributed by atoms with van der Waals surface area (Å²) in [6.07, 6.45) is 3.45. The van der Waals surface area contributed by atoms with Crippen LogP contribution in [-0.4, -0.2) is 22.5 Å². The van der Waals surface area contributed by atoms with Gasteiger partial charge in [-0.1, -0.05) is 18.2 Å². The Balaban J connectivity index is 1.79. The number of fused-ring (bicyclic) bond motifs is 1. The number of allylic oxidation sites excluding steroid dienone is 1. The molecule has 150 valence electrons. The van der Waals surface area contributed by atoms with E-state index in [2.05, 4.69) is 33.6 Å². The minimum Gasteiger partial charge on any atom is -0.478 e. The fraction of sp³-hybridized carbons (Fsp3) is 0.217. The van der Waals surface area contributed by atoms with Crippen LogP contribution in [0.15, 0.2) is 51.4 Å². The molecule has 2 aromatic heterocycles. The molecule has 7 heteroatoms. The Morgan fingerprint density at radius 3 is 2.77 bits per heavy atom. The van der Waals surface area contributed by atoms with E-state index in [1.807, 2.05) is 31.2 Å². The lowest BCUT2D eigenvalue weighted by atomic mass is 9.93. The number of methoxy groups -OCH3 is 1. The molecule has 0 unspecified atom stereocenters. The van der Waals surface area contributed by atoms with Gasteiger partial charge in [-0.25, -0.2) is 0 Å². The van der Waals surface area contributed by atoms with Crippen molar-refractivity contribution in [3.63, 3.8) is 0 Å². The van der Waals surface area contributed by atoms with E-state index in [9.17, 15) is 5.26 Å². The highest BCUT2D eigenvalue weighted by Crippen LogP contribution is 2.33. The molecule has 0 amide bonds. The number of nitriles is 1. The van der Waals surface area contributed by atoms with Crippen LogP contribution in [-0.2, 0) is 6.42 Å². The van der Waals surface area contributed by atoms with Gasteiger partial charge >= 0.3 is 0 Å². The van der Waals surface area contributed by atoms with Crippen LogP contribution in [0.1, 0.15) is 40.5 Å². The number of nitrogens with zero attached hydrogens (tertiary/aromatic N) is 4. The van der Waals surface area contributed by atoms with Crippen LogP contribution in [0.4, 0.5) is 0 Å². The molecule has 0 radical (unpaired) electrons. The lowest BCUT2D eigenvalue weighted by Gasteiger charge is -2.11. The third-order valence-electron chi connectivity index (χ3n) is 4.81. The zero-order valence-electron chi connectivity index (χ0n) is 17.0. The van der Waals surface area contributed by atoms with Crippen molar-refractivity contribution >= 4 is 16.5 Å². The zero-order chi connectivity index (χ0) is 21.1. The summed E-state index contributed by atoms with van der Waals surface area (Å²) < 4.78 is 16.2. The summed E-state index contributed by atoms with van der Waals surface area (Å²) in [5.41, 5.74) is 5.18. The van der Waals surface area contributed by atoms with Crippen molar-refractivity contribution in [3.05, 3.63) is 76.5 Å². The predicted octanol–water partition coefficient (Wildman–Crippen LogP) is 4.77. The van der Waals surface area contributed by atoms with Crippen molar-refractivity contribution in [3.8, 4) is 11.9 Å². The Morgan fingerprint density at radius 2 is 2.03 bits per heavy atom. The van der Waals surface area contributed by atoms with Crippen LogP contribution >= 0.6 is 0 Å². The van der Waals surface area contributed by atoms with E-state index >= 15 is 0 Å². The summed E-state index contributed by atoms with van der Waals surface area (Å²) in [5.74, 6) is 1.60. The van der Waals surface area contributed by atoms with E-state index in [1.54, 1.807) is 20.1 Å². The van der Waals surface area contributed by atoms with Crippen molar-refractivity contribution in [1.29, 1.82) is 5.26 Å². The minimum atomic E-state index is 0.446. The molecular formula is C23H20N4O3. The summed E-state index contributed by atoms with van der Waals surface area (Å²) >= 11 is 0. The summed E-state index contributed by atoms with van der Waals surface area (Å²) in [6.45, 7) is 3.75. The van der Waals surface area contributed by atoms with Crippen LogP contribution in [0.25, 0.3) is 16.5 Å². The first-order valence-electron chi connectivity index (χ1n) is 9.53. The molecule has 0 fully saturated rings. The van der Waals surface area contributed by atoms with Gasteiger partial charge in [-0.3, -0.25) is 0 Å². The first-order valence-corrected chi connectivity index (χ1v) is 9.53. The van der Waals surface area contributed by atoms with E-state index in [-0.39, 0.29) is 0 Å². The standard InChI is InChI=1S/C23H20N4O3/c1-14-10-18(12-20-22(14)30-27-23(20)28-3)19(17-7-4-6-16(11-17)13-24)8-5-9-21-26-25-15(2)29-21/h4,6-8,10-12H,5,9H2,1-3H3/b19-8+. The molecule has 2 aromatic carbocycles. The molecule has 0 aliphatic carbocycles. The van der Waals surface area contributed by atoms with E-state index in [0.29, 0.717) is 41.6 Å². The van der Waals surface area contributed by atoms with Crippen LogP contribution < -0.4 is 4.74 Å². The molecule has 7 nitrogen and oxygen atoms in total. The molecule has 0 aliphatic heterocycles. The third kappa shape index (κ3) is 3.80. The molecular weight excluding hydrogens is 380 g/mol. The molecule has 4 rings (SSSR count). The fourth-order valence-electron chi connectivity index (χ4n) is 3.43. The van der Waals surface area contributed by atoms with Gasteiger partial charge in [0.25, 0.3) is 5.88 Å². The Morgan fingerprint density at radius 1 is 1.17 bits per heavy atom. The van der Waals surface area contributed by atoms with Crippen molar-refractivity contribution in [1.82, 2.24) is 15.4 Å². The number of aryl methyl sites for hydroxylation is 3. The smallest absolute Gasteiger partial charge is 0.261 e. The first-order chi connectivity index (χ1) is 14.6. The third-order valence-corrected chi connectivity index (χ3v) is 4.81. The van der Waals surface area contributed by atoms with Gasteiger partial charge < -0.3 is 13.7 Å². The lowest BCUT2D eigenvalue weighted by Crippen LogP contribution is -1.93. The van der Waals surface area contributed by atoms with Gasteiger partial charge in [-0.2, -0.15) is 5.26 Å². The molecule has 0 saturated carbocycles. The van der Waals surface area contributed by atoms with E-state index in [4.69, 9.17) is 13.7 Å². The van der Waals surface area contributed by atoms with Crippen LogP contribution in [0.2, 0.25) is 0 Å². The topological polar surface area (TPSA) is 98.0 Å². The average Bonchev–Trinajstić information content (AvgIpc) is 3.37. The second-order valence-electron chi connectivity index (χ2n) is 6.93. The fourth-order valence-corrected chi connectivity index (χ4v) is 3.43. The average molecular weight is 400 g/mol. The molecule has 0 atom stereocenters. The zero-order valence-corrected chi connectivity index (χ0v) is 17.0. The number of hydrogen-bond acceptors (Lipinski definition) is 7. The number of aromatic nitrogens is 3. The summed E-state index contributed by atoms with van der Waals surface area (Å²) in [4.78, 5) is 0. The van der Waals surface area contributed by atoms with Gasteiger partial charge in [0.15, 0.2) is 5.58 Å². The van der Waals surface area contributed by atoms with Gasteiger partial charge in [0.2, 0.25) is 11.8 Å². The highest BCUT2D eigenvalue weighted by Gasteiger charge is 2.15. The van der Waals surface area contributed by atoms with Crippen molar-refractivity contribution < 1.29 is 13.7 Å². The SMILES string of the molecule is COc1noc2c(C)cc(/C(=C/CCc3nnc(C)o3)c3cccc(C#N)c3)cc12. The Kier molecular flexibility index (Phi) is 5.31. The Labute approximate surface area is 173 Å². The van der Waals surface area contributed by atoms with Crippen LogP contribution in [0.5, 0.6) is 5.88 Å². The highest BCUT2D eigenvalue weighted by atomic mass is 16.5. The number of benzene rings is 2. The molecule has 0 N–H and O–H groups in total. The monoisotopic (exact) mass is 400 g/mol. The van der Waals surface area contributed by atoms with Gasteiger partial charge in [0.05, 0.1) is 24.1 Å². The lowest BCUT2D eigenvalue weighted by molar-refractivity contribution is 0.350.